The summed E-state index contributed by atoms with van der Waals surface area (Å²) >= 11 is 0. The normalized spacial score (nSPS) is 43.0. The van der Waals surface area contributed by atoms with Gasteiger partial charge in [-0.05, 0) is 74.2 Å². The number of oxime groups is 1. The lowest BCUT2D eigenvalue weighted by Gasteiger charge is -2.36. The molecule has 3 saturated carbocycles. The van der Waals surface area contributed by atoms with E-state index in [2.05, 4.69) is 32.0 Å². The van der Waals surface area contributed by atoms with E-state index >= 15 is 0 Å². The fraction of sp³-hybridized carbons (Fsp3) is 0.842. The lowest BCUT2D eigenvalue weighted by Crippen LogP contribution is -2.28. The molecule has 0 N–H and O–H groups in total. The van der Waals surface area contributed by atoms with E-state index in [-0.39, 0.29) is 6.10 Å². The van der Waals surface area contributed by atoms with Gasteiger partial charge in [-0.15, -0.1) is 0 Å². The van der Waals surface area contributed by atoms with Crippen molar-refractivity contribution in [3.8, 4) is 0 Å². The van der Waals surface area contributed by atoms with Crippen LogP contribution in [0.1, 0.15) is 66.7 Å². The summed E-state index contributed by atoms with van der Waals surface area (Å²) in [5.74, 6) is 2.57. The van der Waals surface area contributed by atoms with Crippen LogP contribution in [0.2, 0.25) is 0 Å². The molecule has 3 fully saturated rings. The number of nitrogens with zero attached hydrogens (tertiary/aromatic N) is 1. The molecule has 3 aliphatic carbocycles. The smallest absolute Gasteiger partial charge is 0.122 e. The van der Waals surface area contributed by atoms with Crippen molar-refractivity contribution in [2.45, 2.75) is 72.8 Å². The maximum Gasteiger partial charge on any atom is 0.122 e. The van der Waals surface area contributed by atoms with E-state index < -0.39 is 0 Å². The van der Waals surface area contributed by atoms with Gasteiger partial charge >= 0.3 is 0 Å². The first-order valence-electron chi connectivity index (χ1n) is 8.76. The molecule has 3 aliphatic rings. The number of hydrogen-bond acceptors (Lipinski definition) is 2. The quantitative estimate of drug-likeness (QED) is 0.517. The lowest BCUT2D eigenvalue weighted by molar-refractivity contribution is 0.0874. The Kier molecular flexibility index (Phi) is 3.70. The van der Waals surface area contributed by atoms with E-state index in [9.17, 15) is 0 Å². The lowest BCUT2D eigenvalue weighted by atomic mass is 9.68. The zero-order valence-electron chi connectivity index (χ0n) is 14.4. The minimum absolute atomic E-state index is 0.164. The third-order valence-corrected chi connectivity index (χ3v) is 6.54. The first-order chi connectivity index (χ1) is 9.86. The van der Waals surface area contributed by atoms with Crippen LogP contribution in [0.15, 0.2) is 16.8 Å². The van der Waals surface area contributed by atoms with Crippen molar-refractivity contribution in [3.63, 3.8) is 0 Å². The molecule has 0 aromatic carbocycles. The van der Waals surface area contributed by atoms with Gasteiger partial charge < -0.3 is 4.84 Å². The molecule has 0 aromatic heterocycles. The predicted molar refractivity (Wildman–Crippen MR) is 88.2 cm³/mol. The monoisotopic (exact) mass is 289 g/mol. The Hall–Kier alpha value is -0.790. The van der Waals surface area contributed by atoms with Gasteiger partial charge in [-0.2, -0.15) is 0 Å². The molecule has 0 heterocycles. The fourth-order valence-electron chi connectivity index (χ4n) is 5.78. The standard InChI is InChI=1S/C19H31NO/c1-13(2)21-20-12-9-15-14-7-8-16-17(14)18(3,4)10-6-11-19(15,16)5/h9,12-14,16-17H,6-8,10-11H2,1-5H3/b15-9-,20-12+/t14-,16-,17+,19-/m1/s1. The van der Waals surface area contributed by atoms with Gasteiger partial charge in [-0.3, -0.25) is 0 Å². The van der Waals surface area contributed by atoms with Crippen LogP contribution >= 0.6 is 0 Å². The number of rotatable bonds is 3. The Morgan fingerprint density at radius 1 is 1.19 bits per heavy atom. The molecule has 4 atom stereocenters. The Labute approximate surface area is 130 Å². The summed E-state index contributed by atoms with van der Waals surface area (Å²) in [5.41, 5.74) is 2.60. The topological polar surface area (TPSA) is 21.6 Å². The summed E-state index contributed by atoms with van der Waals surface area (Å²) in [5, 5.41) is 4.12. The van der Waals surface area contributed by atoms with Gasteiger partial charge in [0.05, 0.1) is 6.21 Å². The molecule has 0 aliphatic heterocycles. The molecule has 118 valence electrons. The van der Waals surface area contributed by atoms with Gasteiger partial charge in [0.2, 0.25) is 0 Å². The fourth-order valence-corrected chi connectivity index (χ4v) is 5.78. The average molecular weight is 289 g/mol. The third kappa shape index (κ3) is 2.35. The van der Waals surface area contributed by atoms with Crippen LogP contribution in [0, 0.1) is 28.6 Å². The van der Waals surface area contributed by atoms with Crippen molar-refractivity contribution in [1.82, 2.24) is 0 Å². The molecule has 0 aromatic rings. The third-order valence-electron chi connectivity index (χ3n) is 6.54. The van der Waals surface area contributed by atoms with E-state index in [4.69, 9.17) is 4.84 Å². The van der Waals surface area contributed by atoms with Crippen LogP contribution in [0.3, 0.4) is 0 Å². The van der Waals surface area contributed by atoms with E-state index in [1.165, 1.54) is 32.1 Å². The van der Waals surface area contributed by atoms with Crippen LogP contribution in [-0.4, -0.2) is 12.3 Å². The Bertz CT molecular complexity index is 462. The minimum atomic E-state index is 0.164. The minimum Gasteiger partial charge on any atom is -0.393 e. The molecule has 0 amide bonds. The van der Waals surface area contributed by atoms with Gasteiger partial charge in [0.25, 0.3) is 0 Å². The first-order valence-corrected chi connectivity index (χ1v) is 8.76. The highest BCUT2D eigenvalue weighted by Crippen LogP contribution is 2.70. The first kappa shape index (κ1) is 15.1. The summed E-state index contributed by atoms with van der Waals surface area (Å²) in [7, 11) is 0. The highest BCUT2D eigenvalue weighted by atomic mass is 16.6. The molecule has 4 bridgehead atoms. The van der Waals surface area contributed by atoms with Crippen molar-refractivity contribution in [3.05, 3.63) is 11.6 Å². The van der Waals surface area contributed by atoms with Gasteiger partial charge in [0.15, 0.2) is 0 Å². The maximum absolute atomic E-state index is 5.32. The molecule has 0 unspecified atom stereocenters. The molecular weight excluding hydrogens is 258 g/mol. The summed E-state index contributed by atoms with van der Waals surface area (Å²) in [4.78, 5) is 5.32. The highest BCUT2D eigenvalue weighted by Gasteiger charge is 2.62. The van der Waals surface area contributed by atoms with Gasteiger partial charge in [0.1, 0.15) is 6.10 Å². The van der Waals surface area contributed by atoms with Crippen LogP contribution in [0.25, 0.3) is 0 Å². The van der Waals surface area contributed by atoms with E-state index in [1.54, 1.807) is 5.57 Å². The summed E-state index contributed by atoms with van der Waals surface area (Å²) in [6, 6.07) is 0. The summed E-state index contributed by atoms with van der Waals surface area (Å²) in [6.45, 7) is 11.6. The van der Waals surface area contributed by atoms with Crippen molar-refractivity contribution in [1.29, 1.82) is 0 Å². The zero-order chi connectivity index (χ0) is 15.3. The van der Waals surface area contributed by atoms with Crippen molar-refractivity contribution in [2.75, 3.05) is 0 Å². The zero-order valence-corrected chi connectivity index (χ0v) is 14.4. The highest BCUT2D eigenvalue weighted by molar-refractivity contribution is 5.72. The van der Waals surface area contributed by atoms with Crippen LogP contribution in [0.5, 0.6) is 0 Å². The van der Waals surface area contributed by atoms with Gasteiger partial charge in [-0.25, -0.2) is 0 Å². The van der Waals surface area contributed by atoms with E-state index in [0.717, 1.165) is 17.8 Å². The second kappa shape index (κ2) is 5.14. The van der Waals surface area contributed by atoms with Crippen molar-refractivity contribution < 1.29 is 4.84 Å². The van der Waals surface area contributed by atoms with Crippen molar-refractivity contribution in [2.24, 2.45) is 33.7 Å². The molecule has 2 nitrogen and oxygen atoms in total. The van der Waals surface area contributed by atoms with Gasteiger partial charge in [0, 0.05) is 0 Å². The Morgan fingerprint density at radius 2 is 1.95 bits per heavy atom. The molecule has 21 heavy (non-hydrogen) atoms. The molecule has 2 heteroatoms. The molecule has 0 saturated heterocycles. The van der Waals surface area contributed by atoms with Gasteiger partial charge in [-0.1, -0.05) is 37.9 Å². The summed E-state index contributed by atoms with van der Waals surface area (Å²) in [6.07, 6.45) is 11.3. The predicted octanol–water partition coefficient (Wildman–Crippen LogP) is 5.20. The number of allylic oxidation sites excluding steroid dienone is 2. The molecular formula is C19H31NO. The van der Waals surface area contributed by atoms with Crippen LogP contribution in [0.4, 0.5) is 0 Å². The number of hydrogen-bond donors (Lipinski definition) is 0. The maximum atomic E-state index is 5.32. The molecule has 0 spiro atoms. The molecule has 3 rings (SSSR count). The summed E-state index contributed by atoms with van der Waals surface area (Å²) < 4.78 is 0. The molecule has 0 radical (unpaired) electrons. The van der Waals surface area contributed by atoms with E-state index in [1.807, 2.05) is 20.1 Å². The second-order valence-corrected chi connectivity index (χ2v) is 8.61. The van der Waals surface area contributed by atoms with Crippen molar-refractivity contribution >= 4 is 6.21 Å². The average Bonchev–Trinajstić information content (AvgIpc) is 2.87. The second-order valence-electron chi connectivity index (χ2n) is 8.61. The van der Waals surface area contributed by atoms with E-state index in [0.29, 0.717) is 10.8 Å². The largest absolute Gasteiger partial charge is 0.393 e. The van der Waals surface area contributed by atoms with Crippen LogP contribution in [-0.2, 0) is 4.84 Å². The SMILES string of the molecule is CC(C)O/N=C/C=C1/[C@H]2CC[C@@H]3[C@H]2C(C)(C)CCC[C@]13C. The van der Waals surface area contributed by atoms with Crippen LogP contribution < -0.4 is 0 Å². The Balaban J connectivity index is 1.89. The Morgan fingerprint density at radius 3 is 2.67 bits per heavy atom.